The second-order valence-corrected chi connectivity index (χ2v) is 5.80. The fourth-order valence-corrected chi connectivity index (χ4v) is 2.46. The number of ether oxygens (including phenoxy) is 2. The molecule has 6 heteroatoms. The second kappa shape index (κ2) is 5.96. The van der Waals surface area contributed by atoms with E-state index in [4.69, 9.17) is 9.47 Å². The van der Waals surface area contributed by atoms with E-state index in [9.17, 15) is 14.4 Å². The Hall–Kier alpha value is -2.47. The molecule has 2 aliphatic heterocycles. The monoisotopic (exact) mass is 315 g/mol. The molecule has 0 aliphatic carbocycles. The van der Waals surface area contributed by atoms with E-state index in [0.717, 1.165) is 4.90 Å². The Morgan fingerprint density at radius 2 is 2.00 bits per heavy atom. The van der Waals surface area contributed by atoms with Crippen LogP contribution in [0.3, 0.4) is 0 Å². The number of amides is 2. The third-order valence-electron chi connectivity index (χ3n) is 4.05. The zero-order valence-electron chi connectivity index (χ0n) is 12.9. The van der Waals surface area contributed by atoms with Crippen LogP contribution in [-0.2, 0) is 19.1 Å². The normalized spacial score (nSPS) is 23.6. The van der Waals surface area contributed by atoms with E-state index in [1.807, 2.05) is 6.92 Å². The van der Waals surface area contributed by atoms with E-state index >= 15 is 0 Å². The molecule has 2 heterocycles. The van der Waals surface area contributed by atoms with Crippen molar-refractivity contribution >= 4 is 23.5 Å². The van der Waals surface area contributed by atoms with Crippen LogP contribution in [0.5, 0.6) is 0 Å². The van der Waals surface area contributed by atoms with Gasteiger partial charge in [0.25, 0.3) is 11.8 Å². The largest absolute Gasteiger partial charge is 0.459 e. The zero-order chi connectivity index (χ0) is 16.6. The lowest BCUT2D eigenvalue weighted by Gasteiger charge is -2.33. The standard InChI is InChI=1S/C17H17NO5/c1-10-7-15(19)18(16(10)20)13-5-3-12(4-6-13)17(21)23-9-14-11(2)8-22-14/h3-7,11,14H,8-9H2,1-2H3. The third-order valence-corrected chi connectivity index (χ3v) is 4.05. The van der Waals surface area contributed by atoms with E-state index in [-0.39, 0.29) is 24.5 Å². The highest BCUT2D eigenvalue weighted by molar-refractivity contribution is 6.30. The average molecular weight is 315 g/mol. The Kier molecular flexibility index (Phi) is 4.00. The van der Waals surface area contributed by atoms with Gasteiger partial charge in [0.15, 0.2) is 0 Å². The van der Waals surface area contributed by atoms with Crippen molar-refractivity contribution < 1.29 is 23.9 Å². The lowest BCUT2D eigenvalue weighted by Crippen LogP contribution is -2.41. The van der Waals surface area contributed by atoms with E-state index in [2.05, 4.69) is 0 Å². The molecule has 1 aromatic rings. The number of imide groups is 1. The molecule has 0 N–H and O–H groups in total. The maximum absolute atomic E-state index is 12.0. The molecule has 0 saturated carbocycles. The first-order chi connectivity index (χ1) is 11.0. The van der Waals surface area contributed by atoms with Gasteiger partial charge in [-0.1, -0.05) is 6.92 Å². The molecule has 1 saturated heterocycles. The van der Waals surface area contributed by atoms with Gasteiger partial charge in [-0.3, -0.25) is 9.59 Å². The number of hydrogen-bond donors (Lipinski definition) is 0. The van der Waals surface area contributed by atoms with Crippen LogP contribution in [0.4, 0.5) is 5.69 Å². The lowest BCUT2D eigenvalue weighted by molar-refractivity contribution is -0.129. The molecule has 0 aromatic heterocycles. The summed E-state index contributed by atoms with van der Waals surface area (Å²) in [6.07, 6.45) is 1.26. The molecule has 0 bridgehead atoms. The molecular formula is C17H17NO5. The van der Waals surface area contributed by atoms with Gasteiger partial charge in [-0.2, -0.15) is 0 Å². The molecule has 1 aromatic carbocycles. The number of rotatable bonds is 4. The molecule has 120 valence electrons. The molecular weight excluding hydrogens is 298 g/mol. The number of hydrogen-bond acceptors (Lipinski definition) is 5. The summed E-state index contributed by atoms with van der Waals surface area (Å²) in [4.78, 5) is 36.8. The van der Waals surface area contributed by atoms with Crippen molar-refractivity contribution in [2.24, 2.45) is 5.92 Å². The van der Waals surface area contributed by atoms with Crippen LogP contribution in [0.15, 0.2) is 35.9 Å². The number of benzene rings is 1. The zero-order valence-corrected chi connectivity index (χ0v) is 12.9. The number of esters is 1. The van der Waals surface area contributed by atoms with E-state index in [0.29, 0.717) is 29.3 Å². The van der Waals surface area contributed by atoms with Gasteiger partial charge < -0.3 is 9.47 Å². The first-order valence-electron chi connectivity index (χ1n) is 7.43. The molecule has 6 nitrogen and oxygen atoms in total. The Labute approximate surface area is 133 Å². The maximum Gasteiger partial charge on any atom is 0.338 e. The Balaban J connectivity index is 1.64. The van der Waals surface area contributed by atoms with Crippen molar-refractivity contribution in [3.63, 3.8) is 0 Å². The van der Waals surface area contributed by atoms with Gasteiger partial charge in [-0.25, -0.2) is 9.69 Å². The van der Waals surface area contributed by atoms with Gasteiger partial charge in [-0.15, -0.1) is 0 Å². The highest BCUT2D eigenvalue weighted by atomic mass is 16.6. The number of anilines is 1. The van der Waals surface area contributed by atoms with Crippen LogP contribution >= 0.6 is 0 Å². The molecule has 3 rings (SSSR count). The van der Waals surface area contributed by atoms with Crippen molar-refractivity contribution in [2.75, 3.05) is 18.1 Å². The predicted molar refractivity (Wildman–Crippen MR) is 81.9 cm³/mol. The van der Waals surface area contributed by atoms with Crippen molar-refractivity contribution in [3.05, 3.63) is 41.5 Å². The highest BCUT2D eigenvalue weighted by Crippen LogP contribution is 2.23. The minimum absolute atomic E-state index is 0.0351. The first-order valence-corrected chi connectivity index (χ1v) is 7.43. The maximum atomic E-state index is 12.0. The molecule has 0 spiro atoms. The Morgan fingerprint density at radius 1 is 1.30 bits per heavy atom. The van der Waals surface area contributed by atoms with Crippen molar-refractivity contribution in [1.82, 2.24) is 0 Å². The quantitative estimate of drug-likeness (QED) is 0.624. The number of nitrogens with zero attached hydrogens (tertiary/aromatic N) is 1. The molecule has 2 atom stereocenters. The average Bonchev–Trinajstić information content (AvgIpc) is 2.78. The van der Waals surface area contributed by atoms with Gasteiger partial charge in [-0.05, 0) is 31.2 Å². The van der Waals surface area contributed by atoms with Crippen LogP contribution < -0.4 is 4.90 Å². The van der Waals surface area contributed by atoms with Crippen LogP contribution in [0.25, 0.3) is 0 Å². The van der Waals surface area contributed by atoms with Crippen molar-refractivity contribution in [3.8, 4) is 0 Å². The molecule has 1 fully saturated rings. The van der Waals surface area contributed by atoms with Crippen LogP contribution in [0, 0.1) is 5.92 Å². The topological polar surface area (TPSA) is 72.9 Å². The highest BCUT2D eigenvalue weighted by Gasteiger charge is 2.30. The predicted octanol–water partition coefficient (Wildman–Crippen LogP) is 1.70. The Bertz CT molecular complexity index is 691. The fourth-order valence-electron chi connectivity index (χ4n) is 2.46. The van der Waals surface area contributed by atoms with Crippen molar-refractivity contribution in [1.29, 1.82) is 0 Å². The summed E-state index contributed by atoms with van der Waals surface area (Å²) < 4.78 is 10.5. The smallest absolute Gasteiger partial charge is 0.338 e. The third kappa shape index (κ3) is 2.90. The minimum atomic E-state index is -0.451. The summed E-state index contributed by atoms with van der Waals surface area (Å²) in [5.41, 5.74) is 1.19. The van der Waals surface area contributed by atoms with Gasteiger partial charge in [0.05, 0.1) is 24.0 Å². The summed E-state index contributed by atoms with van der Waals surface area (Å²) in [6.45, 7) is 4.56. The molecule has 23 heavy (non-hydrogen) atoms. The van der Waals surface area contributed by atoms with Crippen LogP contribution in [0.2, 0.25) is 0 Å². The fraction of sp³-hybridized carbons (Fsp3) is 0.353. The van der Waals surface area contributed by atoms with E-state index in [1.165, 1.54) is 18.2 Å². The molecule has 2 amide bonds. The summed E-state index contributed by atoms with van der Waals surface area (Å²) in [6, 6.07) is 6.19. The molecule has 2 aliphatic rings. The van der Waals surface area contributed by atoms with Crippen molar-refractivity contribution in [2.45, 2.75) is 20.0 Å². The van der Waals surface area contributed by atoms with Crippen LogP contribution in [0.1, 0.15) is 24.2 Å². The SMILES string of the molecule is CC1=CC(=O)N(c2ccc(C(=O)OCC3OCC3C)cc2)C1=O. The molecule has 2 unspecified atom stereocenters. The summed E-state index contributed by atoms with van der Waals surface area (Å²) in [5, 5.41) is 0. The second-order valence-electron chi connectivity index (χ2n) is 5.80. The lowest BCUT2D eigenvalue weighted by atomic mass is 10.0. The first kappa shape index (κ1) is 15.4. The number of carbonyl (C=O) groups excluding carboxylic acids is 3. The summed E-state index contributed by atoms with van der Waals surface area (Å²) in [7, 11) is 0. The van der Waals surface area contributed by atoms with E-state index < -0.39 is 5.97 Å². The number of carbonyl (C=O) groups is 3. The Morgan fingerprint density at radius 3 is 2.48 bits per heavy atom. The van der Waals surface area contributed by atoms with Crippen LogP contribution in [-0.4, -0.2) is 37.1 Å². The summed E-state index contributed by atoms with van der Waals surface area (Å²) in [5.74, 6) is -0.777. The minimum Gasteiger partial charge on any atom is -0.459 e. The van der Waals surface area contributed by atoms with E-state index in [1.54, 1.807) is 19.1 Å². The molecule has 0 radical (unpaired) electrons. The van der Waals surface area contributed by atoms with Gasteiger partial charge in [0, 0.05) is 17.6 Å². The van der Waals surface area contributed by atoms with Gasteiger partial charge >= 0.3 is 5.97 Å². The van der Waals surface area contributed by atoms with Gasteiger partial charge in [0.1, 0.15) is 6.61 Å². The van der Waals surface area contributed by atoms with Gasteiger partial charge in [0.2, 0.25) is 0 Å². The summed E-state index contributed by atoms with van der Waals surface area (Å²) >= 11 is 0.